The van der Waals surface area contributed by atoms with Crippen LogP contribution in [0.25, 0.3) is 0 Å². The summed E-state index contributed by atoms with van der Waals surface area (Å²) in [5.41, 5.74) is 0.616. The second-order valence-electron chi connectivity index (χ2n) is 7.05. The van der Waals surface area contributed by atoms with Gasteiger partial charge in [-0.15, -0.1) is 0 Å². The van der Waals surface area contributed by atoms with Gasteiger partial charge >= 0.3 is 0 Å². The average Bonchev–Trinajstić information content (AvgIpc) is 3.36. The van der Waals surface area contributed by atoms with E-state index in [0.717, 1.165) is 31.2 Å². The molecule has 1 aromatic carbocycles. The van der Waals surface area contributed by atoms with Crippen LogP contribution in [-0.2, 0) is 19.7 Å². The first-order valence-corrected chi connectivity index (χ1v) is 8.92. The predicted octanol–water partition coefficient (Wildman–Crippen LogP) is 2.10. The summed E-state index contributed by atoms with van der Waals surface area (Å²) >= 11 is 0. The topological polar surface area (TPSA) is 57.2 Å². The minimum atomic E-state index is -0.448. The highest BCUT2D eigenvalue weighted by molar-refractivity contribution is 5.91. The molecule has 2 saturated heterocycles. The van der Waals surface area contributed by atoms with Crippen LogP contribution in [0.15, 0.2) is 18.2 Å². The summed E-state index contributed by atoms with van der Waals surface area (Å²) in [5.74, 6) is 1.12. The maximum absolute atomic E-state index is 13.2. The van der Waals surface area contributed by atoms with E-state index >= 15 is 0 Å². The molecule has 2 heterocycles. The molecule has 0 unspecified atom stereocenters. The number of methoxy groups -OCH3 is 2. The summed E-state index contributed by atoms with van der Waals surface area (Å²) in [4.78, 5) is 15.2. The summed E-state index contributed by atoms with van der Waals surface area (Å²) in [7, 11) is 3.24. The van der Waals surface area contributed by atoms with Gasteiger partial charge in [-0.3, -0.25) is 4.79 Å². The number of likely N-dealkylation sites (tertiary alicyclic amines) is 1. The minimum absolute atomic E-state index is 0.215. The van der Waals surface area contributed by atoms with Crippen LogP contribution >= 0.6 is 0 Å². The number of nitrogens with zero attached hydrogens (tertiary/aromatic N) is 1. The standard InChI is InChI=1S/C19H25NO5/c1-22-15-4-3-14(13-16(15)23-2)18(5-6-18)17(21)20-9-7-19(8-10-20)24-11-12-25-19/h3-4,13H,5-12H2,1-2H3. The zero-order valence-electron chi connectivity index (χ0n) is 14.9. The molecule has 3 aliphatic rings. The van der Waals surface area contributed by atoms with Crippen LogP contribution in [0.2, 0.25) is 0 Å². The molecule has 2 aliphatic heterocycles. The Morgan fingerprint density at radius 2 is 1.64 bits per heavy atom. The highest BCUT2D eigenvalue weighted by Crippen LogP contribution is 2.51. The number of ether oxygens (including phenoxy) is 4. The molecule has 0 atom stereocenters. The fourth-order valence-corrected chi connectivity index (χ4v) is 4.02. The number of hydrogen-bond donors (Lipinski definition) is 0. The lowest BCUT2D eigenvalue weighted by atomic mass is 9.92. The molecule has 1 spiro atoms. The largest absolute Gasteiger partial charge is 0.493 e. The van der Waals surface area contributed by atoms with Crippen molar-refractivity contribution in [2.45, 2.75) is 36.9 Å². The summed E-state index contributed by atoms with van der Waals surface area (Å²) in [6, 6.07) is 5.81. The Hall–Kier alpha value is -1.79. The van der Waals surface area contributed by atoms with Gasteiger partial charge in [0.1, 0.15) is 0 Å². The number of rotatable bonds is 4. The highest BCUT2D eigenvalue weighted by Gasteiger charge is 2.54. The Labute approximate surface area is 148 Å². The van der Waals surface area contributed by atoms with Gasteiger partial charge in [-0.1, -0.05) is 6.07 Å². The molecule has 1 aromatic rings. The first-order chi connectivity index (χ1) is 12.1. The Bertz CT molecular complexity index is 654. The van der Waals surface area contributed by atoms with Gasteiger partial charge in [-0.05, 0) is 30.5 Å². The third-order valence-corrected chi connectivity index (χ3v) is 5.72. The molecule has 136 valence electrons. The van der Waals surface area contributed by atoms with E-state index in [0.29, 0.717) is 37.8 Å². The lowest BCUT2D eigenvalue weighted by Crippen LogP contribution is -2.50. The fourth-order valence-electron chi connectivity index (χ4n) is 4.02. The molecule has 0 bridgehead atoms. The maximum atomic E-state index is 13.2. The number of hydrogen-bond acceptors (Lipinski definition) is 5. The zero-order chi connectivity index (χ0) is 17.5. The maximum Gasteiger partial charge on any atom is 0.233 e. The number of carbonyl (C=O) groups is 1. The van der Waals surface area contributed by atoms with Crippen molar-refractivity contribution >= 4 is 5.91 Å². The van der Waals surface area contributed by atoms with Gasteiger partial charge in [0.05, 0.1) is 32.8 Å². The van der Waals surface area contributed by atoms with Gasteiger partial charge in [0.15, 0.2) is 17.3 Å². The van der Waals surface area contributed by atoms with Crippen LogP contribution in [0.4, 0.5) is 0 Å². The molecule has 0 N–H and O–H groups in total. The van der Waals surface area contributed by atoms with Crippen molar-refractivity contribution in [1.82, 2.24) is 4.90 Å². The Morgan fingerprint density at radius 1 is 1.00 bits per heavy atom. The lowest BCUT2D eigenvalue weighted by molar-refractivity contribution is -0.188. The summed E-state index contributed by atoms with van der Waals surface area (Å²) in [6.45, 7) is 2.69. The number of piperidine rings is 1. The van der Waals surface area contributed by atoms with E-state index in [1.807, 2.05) is 23.1 Å². The van der Waals surface area contributed by atoms with Gasteiger partial charge in [0.2, 0.25) is 5.91 Å². The molecule has 25 heavy (non-hydrogen) atoms. The SMILES string of the molecule is COc1ccc(C2(C(=O)N3CCC4(CC3)OCCO4)CC2)cc1OC. The Balaban J connectivity index is 1.50. The van der Waals surface area contributed by atoms with E-state index in [2.05, 4.69) is 0 Å². The zero-order valence-corrected chi connectivity index (χ0v) is 14.9. The molecular formula is C19H25NO5. The fraction of sp³-hybridized carbons (Fsp3) is 0.632. The Kier molecular flexibility index (Phi) is 4.12. The van der Waals surface area contributed by atoms with E-state index in [1.165, 1.54) is 0 Å². The highest BCUT2D eigenvalue weighted by atomic mass is 16.7. The second-order valence-corrected chi connectivity index (χ2v) is 7.05. The number of benzene rings is 1. The van der Waals surface area contributed by atoms with Crippen LogP contribution in [0.3, 0.4) is 0 Å². The molecule has 3 fully saturated rings. The summed E-state index contributed by atoms with van der Waals surface area (Å²) in [5, 5.41) is 0. The van der Waals surface area contributed by atoms with Crippen LogP contribution in [0.5, 0.6) is 11.5 Å². The van der Waals surface area contributed by atoms with Crippen molar-refractivity contribution in [2.75, 3.05) is 40.5 Å². The molecule has 4 rings (SSSR count). The van der Waals surface area contributed by atoms with Crippen molar-refractivity contribution in [3.63, 3.8) is 0 Å². The Morgan fingerprint density at radius 3 is 2.20 bits per heavy atom. The van der Waals surface area contributed by atoms with Gasteiger partial charge in [-0.2, -0.15) is 0 Å². The van der Waals surface area contributed by atoms with Crippen LogP contribution in [0.1, 0.15) is 31.2 Å². The van der Waals surface area contributed by atoms with E-state index < -0.39 is 11.2 Å². The van der Waals surface area contributed by atoms with E-state index in [1.54, 1.807) is 14.2 Å². The predicted molar refractivity (Wildman–Crippen MR) is 90.9 cm³/mol. The second kappa shape index (κ2) is 6.18. The van der Waals surface area contributed by atoms with Crippen molar-refractivity contribution in [3.8, 4) is 11.5 Å². The quantitative estimate of drug-likeness (QED) is 0.835. The van der Waals surface area contributed by atoms with Crippen LogP contribution in [-0.4, -0.2) is 57.1 Å². The van der Waals surface area contributed by atoms with Gasteiger partial charge in [0.25, 0.3) is 0 Å². The van der Waals surface area contributed by atoms with Crippen LogP contribution in [0, 0.1) is 0 Å². The van der Waals surface area contributed by atoms with Crippen molar-refractivity contribution in [3.05, 3.63) is 23.8 Å². The molecule has 0 radical (unpaired) electrons. The first-order valence-electron chi connectivity index (χ1n) is 8.92. The third kappa shape index (κ3) is 2.77. The molecule has 0 aromatic heterocycles. The smallest absolute Gasteiger partial charge is 0.233 e. The first kappa shape index (κ1) is 16.7. The van der Waals surface area contributed by atoms with Gasteiger partial charge < -0.3 is 23.8 Å². The monoisotopic (exact) mass is 347 g/mol. The summed E-state index contributed by atoms with van der Waals surface area (Å²) < 4.78 is 22.2. The molecule has 6 nitrogen and oxygen atoms in total. The van der Waals surface area contributed by atoms with Gasteiger partial charge in [0, 0.05) is 25.9 Å². The van der Waals surface area contributed by atoms with Crippen molar-refractivity contribution in [2.24, 2.45) is 0 Å². The van der Waals surface area contributed by atoms with Crippen LogP contribution < -0.4 is 9.47 Å². The molecule has 1 saturated carbocycles. The molecular weight excluding hydrogens is 322 g/mol. The molecule has 6 heteroatoms. The number of carbonyl (C=O) groups excluding carboxylic acids is 1. The number of amides is 1. The van der Waals surface area contributed by atoms with Crippen molar-refractivity contribution < 1.29 is 23.7 Å². The third-order valence-electron chi connectivity index (χ3n) is 5.72. The minimum Gasteiger partial charge on any atom is -0.493 e. The summed E-state index contributed by atoms with van der Waals surface area (Å²) in [6.07, 6.45) is 3.27. The molecule has 1 aliphatic carbocycles. The lowest BCUT2D eigenvalue weighted by Gasteiger charge is -2.39. The van der Waals surface area contributed by atoms with E-state index in [4.69, 9.17) is 18.9 Å². The average molecular weight is 347 g/mol. The van der Waals surface area contributed by atoms with E-state index in [9.17, 15) is 4.79 Å². The normalized spacial score (nSPS) is 23.5. The van der Waals surface area contributed by atoms with E-state index in [-0.39, 0.29) is 5.91 Å². The molecule has 1 amide bonds. The van der Waals surface area contributed by atoms with Gasteiger partial charge in [-0.25, -0.2) is 0 Å². The van der Waals surface area contributed by atoms with Crippen molar-refractivity contribution in [1.29, 1.82) is 0 Å².